The van der Waals surface area contributed by atoms with Crippen molar-refractivity contribution >= 4 is 17.9 Å². The van der Waals surface area contributed by atoms with Crippen LogP contribution in [0.15, 0.2) is 0 Å². The molecule has 6 nitrogen and oxygen atoms in total. The van der Waals surface area contributed by atoms with Gasteiger partial charge in [0.15, 0.2) is 0 Å². The maximum absolute atomic E-state index is 9.00. The molecule has 13 heavy (non-hydrogen) atoms. The summed E-state index contributed by atoms with van der Waals surface area (Å²) in [4.78, 5) is 26.8. The van der Waals surface area contributed by atoms with Gasteiger partial charge in [0.25, 0.3) is 5.97 Å². The largest absolute Gasteiger partial charge is 2.00 e. The van der Waals surface area contributed by atoms with Gasteiger partial charge in [-0.2, -0.15) is 0 Å². The van der Waals surface area contributed by atoms with Crippen LogP contribution < -0.4 is 10.2 Å². The van der Waals surface area contributed by atoms with Crippen molar-refractivity contribution < 1.29 is 46.5 Å². The summed E-state index contributed by atoms with van der Waals surface area (Å²) in [5.74, 6) is -3.00. The van der Waals surface area contributed by atoms with E-state index in [-0.39, 0.29) is 16.8 Å². The summed E-state index contributed by atoms with van der Waals surface area (Å²) in [6, 6.07) is 0. The third kappa shape index (κ3) is 739. The van der Waals surface area contributed by atoms with Crippen LogP contribution in [-0.2, 0) is 31.2 Å². The van der Waals surface area contributed by atoms with Gasteiger partial charge in [-0.25, -0.2) is 0 Å². The molecule has 0 heterocycles. The van der Waals surface area contributed by atoms with Gasteiger partial charge >= 0.3 is 16.8 Å². The van der Waals surface area contributed by atoms with Crippen LogP contribution in [0, 0.1) is 0 Å². The second-order valence-corrected chi connectivity index (χ2v) is 1.50. The summed E-state index contributed by atoms with van der Waals surface area (Å²) in [5.41, 5.74) is 0. The summed E-state index contributed by atoms with van der Waals surface area (Å²) in [6.45, 7) is 3.03. The van der Waals surface area contributed by atoms with Gasteiger partial charge in [-0.05, 0) is 13.8 Å². The smallest absolute Gasteiger partial charge is 0.550 e. The molecule has 0 bridgehead atoms. The van der Waals surface area contributed by atoms with E-state index < -0.39 is 17.9 Å². The molecule has 0 aliphatic rings. The number of carbonyl (C=O) groups is 3. The van der Waals surface area contributed by atoms with Crippen LogP contribution in [0.1, 0.15) is 20.8 Å². The van der Waals surface area contributed by atoms with Crippen molar-refractivity contribution in [1.29, 1.82) is 0 Å². The normalized spacial score (nSPS) is 5.77. The van der Waals surface area contributed by atoms with Crippen LogP contribution in [0.3, 0.4) is 0 Å². The zero-order chi connectivity index (χ0) is 10.7. The number of hydrogen-bond donors (Lipinski definition) is 1. The number of rotatable bonds is 0. The SMILES string of the molecule is CC(=O)O.CC(=O)[O-].CC(=O)[O-].[Co+2]. The van der Waals surface area contributed by atoms with Crippen molar-refractivity contribution in [3.8, 4) is 0 Å². The number of carboxylic acid groups (broad SMARTS) is 3. The third-order valence-electron chi connectivity index (χ3n) is 0. The minimum atomic E-state index is -1.08. The Morgan fingerprint density at radius 1 is 0.923 bits per heavy atom. The number of aliphatic carboxylic acids is 3. The Hall–Kier alpha value is -1.08. The van der Waals surface area contributed by atoms with E-state index in [4.69, 9.17) is 29.7 Å². The molecule has 0 unspecified atom stereocenters. The van der Waals surface area contributed by atoms with Crippen LogP contribution in [0.2, 0.25) is 0 Å². The third-order valence-corrected chi connectivity index (χ3v) is 0. The van der Waals surface area contributed by atoms with E-state index in [2.05, 4.69) is 0 Å². The Morgan fingerprint density at radius 3 is 0.923 bits per heavy atom. The first-order chi connectivity index (χ1) is 5.20. The molecule has 1 N–H and O–H groups in total. The first-order valence-electron chi connectivity index (χ1n) is 2.74. The average molecular weight is 237 g/mol. The molecule has 0 aliphatic carbocycles. The monoisotopic (exact) mass is 237 g/mol. The van der Waals surface area contributed by atoms with Crippen molar-refractivity contribution in [2.75, 3.05) is 0 Å². The molecule has 0 aromatic rings. The molecule has 0 aromatic heterocycles. The van der Waals surface area contributed by atoms with Crippen molar-refractivity contribution in [3.05, 3.63) is 0 Å². The summed E-state index contributed by atoms with van der Waals surface area (Å²) in [5, 5.41) is 25.2. The summed E-state index contributed by atoms with van der Waals surface area (Å²) in [6.07, 6.45) is 0. The first-order valence-corrected chi connectivity index (χ1v) is 2.74. The number of carbonyl (C=O) groups excluding carboxylic acids is 2. The van der Waals surface area contributed by atoms with Crippen molar-refractivity contribution in [2.24, 2.45) is 0 Å². The van der Waals surface area contributed by atoms with Gasteiger partial charge < -0.3 is 24.9 Å². The van der Waals surface area contributed by atoms with E-state index in [0.717, 1.165) is 20.8 Å². The summed E-state index contributed by atoms with van der Waals surface area (Å²) < 4.78 is 0. The van der Waals surface area contributed by atoms with Gasteiger partial charge in [-0.3, -0.25) is 4.79 Å². The second-order valence-electron chi connectivity index (χ2n) is 1.50. The molecule has 0 saturated carbocycles. The molecule has 0 fully saturated rings. The predicted octanol–water partition coefficient (Wildman–Crippen LogP) is -2.40. The van der Waals surface area contributed by atoms with Crippen LogP contribution in [0.25, 0.3) is 0 Å². The Labute approximate surface area is 85.8 Å². The maximum Gasteiger partial charge on any atom is 2.00 e. The molecule has 1 radical (unpaired) electrons. The fourth-order valence-electron chi connectivity index (χ4n) is 0. The van der Waals surface area contributed by atoms with E-state index >= 15 is 0 Å². The summed E-state index contributed by atoms with van der Waals surface area (Å²) in [7, 11) is 0. The molecule has 0 amide bonds. The minimum Gasteiger partial charge on any atom is -0.550 e. The standard InChI is InChI=1S/3C2H4O2.Co/c3*1-2(3)4;/h3*1H3,(H,3,4);/q;;;+2/p-2. The molecule has 0 rings (SSSR count). The molecule has 0 spiro atoms. The molecule has 0 atom stereocenters. The topological polar surface area (TPSA) is 118 Å². The van der Waals surface area contributed by atoms with Gasteiger partial charge in [0.2, 0.25) is 0 Å². The Morgan fingerprint density at radius 2 is 0.923 bits per heavy atom. The van der Waals surface area contributed by atoms with Crippen LogP contribution in [0.5, 0.6) is 0 Å². The fraction of sp³-hybridized carbons (Fsp3) is 0.500. The van der Waals surface area contributed by atoms with E-state index in [1.807, 2.05) is 0 Å². The van der Waals surface area contributed by atoms with Crippen LogP contribution in [-0.4, -0.2) is 23.0 Å². The molecular weight excluding hydrogens is 227 g/mol. The van der Waals surface area contributed by atoms with Gasteiger partial charge in [-0.1, -0.05) is 0 Å². The van der Waals surface area contributed by atoms with Crippen LogP contribution in [0.4, 0.5) is 0 Å². The zero-order valence-electron chi connectivity index (χ0n) is 7.32. The van der Waals surface area contributed by atoms with Gasteiger partial charge in [0.1, 0.15) is 0 Å². The fourth-order valence-corrected chi connectivity index (χ4v) is 0. The summed E-state index contributed by atoms with van der Waals surface area (Å²) >= 11 is 0. The van der Waals surface area contributed by atoms with E-state index in [1.165, 1.54) is 0 Å². The van der Waals surface area contributed by atoms with Gasteiger partial charge in [-0.15, -0.1) is 0 Å². The Bertz CT molecular complexity index is 115. The molecule has 0 aliphatic heterocycles. The van der Waals surface area contributed by atoms with Crippen molar-refractivity contribution in [3.63, 3.8) is 0 Å². The van der Waals surface area contributed by atoms with Crippen LogP contribution >= 0.6 is 0 Å². The quantitative estimate of drug-likeness (QED) is 0.501. The second kappa shape index (κ2) is 17.1. The predicted molar refractivity (Wildman–Crippen MR) is 34.7 cm³/mol. The minimum absolute atomic E-state index is 0. The average Bonchev–Trinajstić information content (AvgIpc) is 1.54. The Kier molecular flexibility index (Phi) is 29.9. The molecule has 7 heteroatoms. The number of hydrogen-bond acceptors (Lipinski definition) is 5. The van der Waals surface area contributed by atoms with Crippen molar-refractivity contribution in [1.82, 2.24) is 0 Å². The van der Waals surface area contributed by atoms with E-state index in [0.29, 0.717) is 0 Å². The van der Waals surface area contributed by atoms with Crippen molar-refractivity contribution in [2.45, 2.75) is 20.8 Å². The van der Waals surface area contributed by atoms with E-state index in [1.54, 1.807) is 0 Å². The number of carboxylic acids is 3. The zero-order valence-corrected chi connectivity index (χ0v) is 8.36. The first kappa shape index (κ1) is 22.7. The molecule has 79 valence electrons. The maximum atomic E-state index is 9.00. The molecule has 0 aromatic carbocycles. The van der Waals surface area contributed by atoms with Gasteiger partial charge in [0.05, 0.1) is 0 Å². The Balaban J connectivity index is -0.0000000450. The van der Waals surface area contributed by atoms with Gasteiger partial charge in [0, 0.05) is 18.9 Å². The molecular formula is C6H10CoO6. The van der Waals surface area contributed by atoms with E-state index in [9.17, 15) is 0 Å². The molecule has 0 saturated heterocycles.